The third-order valence-corrected chi connectivity index (χ3v) is 1.76. The van der Waals surface area contributed by atoms with Crippen LogP contribution in [0.15, 0.2) is 12.1 Å². The smallest absolute Gasteiger partial charge is 0.194 e. The van der Waals surface area contributed by atoms with Crippen molar-refractivity contribution in [3.63, 3.8) is 0 Å². The van der Waals surface area contributed by atoms with Crippen molar-refractivity contribution in [3.8, 4) is 0 Å². The Bertz CT molecular complexity index is 291. The molecule has 2 nitrogen and oxygen atoms in total. The zero-order chi connectivity index (χ0) is 10.0. The molecule has 0 aromatic heterocycles. The van der Waals surface area contributed by atoms with Gasteiger partial charge in [-0.15, -0.1) is 0 Å². The maximum Gasteiger partial charge on any atom is 0.194 e. The second-order valence-corrected chi connectivity index (χ2v) is 2.69. The minimum absolute atomic E-state index is 0.263. The lowest BCUT2D eigenvalue weighted by molar-refractivity contribution is 0.441. The van der Waals surface area contributed by atoms with Gasteiger partial charge < -0.3 is 0 Å². The number of hydrogen-bond acceptors (Lipinski definition) is 2. The normalized spacial score (nSPS) is 13.0. The number of benzene rings is 1. The molecular weight excluding hydrogens is 181 g/mol. The lowest BCUT2D eigenvalue weighted by Gasteiger charge is -2.10. The van der Waals surface area contributed by atoms with Gasteiger partial charge in [0, 0.05) is 6.04 Å². The van der Waals surface area contributed by atoms with E-state index in [1.54, 1.807) is 6.92 Å². The Kier molecular flexibility index (Phi) is 2.90. The highest BCUT2D eigenvalue weighted by atomic mass is 19.2. The summed E-state index contributed by atoms with van der Waals surface area (Å²) in [6, 6.07) is 1.39. The predicted octanol–water partition coefficient (Wildman–Crippen LogP) is 1.63. The molecule has 0 fully saturated rings. The molecule has 5 heteroatoms. The first-order chi connectivity index (χ1) is 6.06. The van der Waals surface area contributed by atoms with Gasteiger partial charge in [-0.1, -0.05) is 0 Å². The summed E-state index contributed by atoms with van der Waals surface area (Å²) in [6.45, 7) is 1.60. The Balaban J connectivity index is 3.13. The molecule has 0 amide bonds. The fraction of sp³-hybridized carbons (Fsp3) is 0.250. The van der Waals surface area contributed by atoms with E-state index in [0.29, 0.717) is 0 Å². The van der Waals surface area contributed by atoms with Crippen LogP contribution < -0.4 is 11.3 Å². The van der Waals surface area contributed by atoms with Crippen molar-refractivity contribution in [2.24, 2.45) is 5.84 Å². The van der Waals surface area contributed by atoms with Crippen molar-refractivity contribution < 1.29 is 13.2 Å². The van der Waals surface area contributed by atoms with E-state index in [1.807, 2.05) is 0 Å². The van der Waals surface area contributed by atoms with Crippen molar-refractivity contribution in [3.05, 3.63) is 35.1 Å². The lowest BCUT2D eigenvalue weighted by Crippen LogP contribution is -2.25. The Morgan fingerprint density at radius 1 is 1.23 bits per heavy atom. The minimum Gasteiger partial charge on any atom is -0.271 e. The van der Waals surface area contributed by atoms with Gasteiger partial charge in [-0.05, 0) is 24.6 Å². The summed E-state index contributed by atoms with van der Waals surface area (Å²) in [4.78, 5) is 0. The van der Waals surface area contributed by atoms with Crippen molar-refractivity contribution in [1.82, 2.24) is 5.43 Å². The quantitative estimate of drug-likeness (QED) is 0.422. The summed E-state index contributed by atoms with van der Waals surface area (Å²) in [5, 5.41) is 0. The molecule has 0 aliphatic rings. The van der Waals surface area contributed by atoms with Crippen LogP contribution in [-0.2, 0) is 0 Å². The molecule has 0 radical (unpaired) electrons. The number of nitrogens with one attached hydrogen (secondary N) is 1. The molecule has 1 aromatic carbocycles. The third kappa shape index (κ3) is 1.99. The SMILES string of the molecule is CC(NN)c1cc(F)c(F)c(F)c1. The van der Waals surface area contributed by atoms with E-state index in [4.69, 9.17) is 5.84 Å². The van der Waals surface area contributed by atoms with E-state index >= 15 is 0 Å². The number of nitrogens with two attached hydrogens (primary N) is 1. The molecule has 0 bridgehead atoms. The van der Waals surface area contributed by atoms with Gasteiger partial charge in [0.25, 0.3) is 0 Å². The number of hydrazine groups is 1. The standard InChI is InChI=1S/C8H9F3N2/c1-4(13-12)5-2-6(9)8(11)7(10)3-5/h2-4,13H,12H2,1H3. The van der Waals surface area contributed by atoms with Gasteiger partial charge in [0.1, 0.15) is 0 Å². The zero-order valence-corrected chi connectivity index (χ0v) is 6.94. The van der Waals surface area contributed by atoms with E-state index in [-0.39, 0.29) is 5.56 Å². The average Bonchev–Trinajstić information content (AvgIpc) is 2.12. The average molecular weight is 190 g/mol. The van der Waals surface area contributed by atoms with Gasteiger partial charge in [-0.3, -0.25) is 11.3 Å². The zero-order valence-electron chi connectivity index (χ0n) is 6.94. The maximum atomic E-state index is 12.7. The van der Waals surface area contributed by atoms with Crippen LogP contribution in [0.25, 0.3) is 0 Å². The highest BCUT2D eigenvalue weighted by Gasteiger charge is 2.13. The van der Waals surface area contributed by atoms with Gasteiger partial charge in [-0.2, -0.15) is 0 Å². The topological polar surface area (TPSA) is 38.0 Å². The molecule has 72 valence electrons. The van der Waals surface area contributed by atoms with Crippen LogP contribution in [0.3, 0.4) is 0 Å². The van der Waals surface area contributed by atoms with E-state index in [2.05, 4.69) is 5.43 Å². The largest absolute Gasteiger partial charge is 0.271 e. The number of hydrogen-bond donors (Lipinski definition) is 2. The molecule has 0 aliphatic carbocycles. The molecule has 1 atom stereocenters. The maximum absolute atomic E-state index is 12.7. The summed E-state index contributed by atoms with van der Waals surface area (Å²) in [5.41, 5.74) is 2.56. The summed E-state index contributed by atoms with van der Waals surface area (Å²) < 4.78 is 37.8. The lowest BCUT2D eigenvalue weighted by atomic mass is 10.1. The fourth-order valence-corrected chi connectivity index (χ4v) is 0.921. The molecule has 0 spiro atoms. The molecular formula is C8H9F3N2. The van der Waals surface area contributed by atoms with Crippen LogP contribution in [-0.4, -0.2) is 0 Å². The van der Waals surface area contributed by atoms with Crippen molar-refractivity contribution >= 4 is 0 Å². The van der Waals surface area contributed by atoms with Crippen molar-refractivity contribution in [2.45, 2.75) is 13.0 Å². The monoisotopic (exact) mass is 190 g/mol. The molecule has 1 rings (SSSR count). The van der Waals surface area contributed by atoms with Gasteiger partial charge in [0.05, 0.1) is 0 Å². The summed E-state index contributed by atoms with van der Waals surface area (Å²) in [5.74, 6) is 1.17. The highest BCUT2D eigenvalue weighted by Crippen LogP contribution is 2.18. The van der Waals surface area contributed by atoms with Crippen LogP contribution in [0.1, 0.15) is 18.5 Å². The molecule has 3 N–H and O–H groups in total. The fourth-order valence-electron chi connectivity index (χ4n) is 0.921. The number of rotatable bonds is 2. The third-order valence-electron chi connectivity index (χ3n) is 1.76. The van der Waals surface area contributed by atoms with Crippen LogP contribution in [0, 0.1) is 17.5 Å². The first-order valence-corrected chi connectivity index (χ1v) is 3.67. The van der Waals surface area contributed by atoms with Crippen LogP contribution >= 0.6 is 0 Å². The summed E-state index contributed by atoms with van der Waals surface area (Å²) in [7, 11) is 0. The molecule has 0 aliphatic heterocycles. The van der Waals surface area contributed by atoms with Crippen LogP contribution in [0.5, 0.6) is 0 Å². The molecule has 0 saturated carbocycles. The Morgan fingerprint density at radius 3 is 2.08 bits per heavy atom. The van der Waals surface area contributed by atoms with Crippen molar-refractivity contribution in [2.75, 3.05) is 0 Å². The van der Waals surface area contributed by atoms with Crippen LogP contribution in [0.4, 0.5) is 13.2 Å². The first-order valence-electron chi connectivity index (χ1n) is 3.67. The first kappa shape index (κ1) is 10.0. The van der Waals surface area contributed by atoms with E-state index in [1.165, 1.54) is 0 Å². The van der Waals surface area contributed by atoms with E-state index < -0.39 is 23.5 Å². The molecule has 1 aromatic rings. The molecule has 1 unspecified atom stereocenters. The van der Waals surface area contributed by atoms with Gasteiger partial charge in [0.15, 0.2) is 17.5 Å². The van der Waals surface area contributed by atoms with Crippen molar-refractivity contribution in [1.29, 1.82) is 0 Å². The van der Waals surface area contributed by atoms with Crippen LogP contribution in [0.2, 0.25) is 0 Å². The van der Waals surface area contributed by atoms with Gasteiger partial charge >= 0.3 is 0 Å². The second kappa shape index (κ2) is 3.76. The molecule has 0 heterocycles. The second-order valence-electron chi connectivity index (χ2n) is 2.69. The molecule has 13 heavy (non-hydrogen) atoms. The molecule has 0 saturated heterocycles. The Labute approximate surface area is 73.5 Å². The van der Waals surface area contributed by atoms with E-state index in [0.717, 1.165) is 12.1 Å². The van der Waals surface area contributed by atoms with E-state index in [9.17, 15) is 13.2 Å². The Hall–Kier alpha value is -1.07. The number of halogens is 3. The predicted molar refractivity (Wildman–Crippen MR) is 42.1 cm³/mol. The van der Waals surface area contributed by atoms with Gasteiger partial charge in [-0.25, -0.2) is 13.2 Å². The summed E-state index contributed by atoms with van der Waals surface area (Å²) >= 11 is 0. The summed E-state index contributed by atoms with van der Waals surface area (Å²) in [6.07, 6.45) is 0. The van der Waals surface area contributed by atoms with Gasteiger partial charge in [0.2, 0.25) is 0 Å². The highest BCUT2D eigenvalue weighted by molar-refractivity contribution is 5.21. The Morgan fingerprint density at radius 2 is 1.69 bits per heavy atom. The minimum atomic E-state index is -1.46.